The molecule has 2 rings (SSSR count). The Labute approximate surface area is 89.5 Å². The molecule has 0 radical (unpaired) electrons. The molecule has 0 aromatic carbocycles. The highest BCUT2D eigenvalue weighted by molar-refractivity contribution is 6.02. The van der Waals surface area contributed by atoms with Gasteiger partial charge in [0.15, 0.2) is 6.23 Å². The Morgan fingerprint density at radius 1 is 1.60 bits per heavy atom. The largest absolute Gasteiger partial charge is 0.348 e. The zero-order valence-corrected chi connectivity index (χ0v) is 9.36. The van der Waals surface area contributed by atoms with Gasteiger partial charge in [-0.25, -0.2) is 4.79 Å². The second kappa shape index (κ2) is 3.90. The van der Waals surface area contributed by atoms with Crippen LogP contribution in [0.2, 0.25) is 0 Å². The molecule has 5 nitrogen and oxygen atoms in total. The molecule has 1 saturated heterocycles. The van der Waals surface area contributed by atoms with E-state index >= 15 is 0 Å². The molecule has 2 amide bonds. The second-order valence-corrected chi connectivity index (χ2v) is 4.37. The summed E-state index contributed by atoms with van der Waals surface area (Å²) >= 11 is 0. The highest BCUT2D eigenvalue weighted by atomic mass is 16.5. The minimum Gasteiger partial charge on any atom is -0.348 e. The summed E-state index contributed by atoms with van der Waals surface area (Å²) in [7, 11) is 2.09. The lowest BCUT2D eigenvalue weighted by Gasteiger charge is -2.17. The van der Waals surface area contributed by atoms with Crippen LogP contribution in [0.25, 0.3) is 0 Å². The van der Waals surface area contributed by atoms with Gasteiger partial charge >= 0.3 is 6.03 Å². The number of carbonyl (C=O) groups excluding carboxylic acids is 1. The third-order valence-electron chi connectivity index (χ3n) is 3.09. The molecule has 0 spiro atoms. The molecular weight excluding hydrogens is 194 g/mol. The fourth-order valence-corrected chi connectivity index (χ4v) is 2.03. The number of carbonyl (C=O) groups is 1. The van der Waals surface area contributed by atoms with Crippen LogP contribution in [0.4, 0.5) is 4.79 Å². The van der Waals surface area contributed by atoms with Crippen LogP contribution in [0.3, 0.4) is 0 Å². The van der Waals surface area contributed by atoms with E-state index in [-0.39, 0.29) is 18.4 Å². The van der Waals surface area contributed by atoms with Crippen molar-refractivity contribution in [3.05, 3.63) is 0 Å². The van der Waals surface area contributed by atoms with Gasteiger partial charge in [0.1, 0.15) is 0 Å². The van der Waals surface area contributed by atoms with Gasteiger partial charge in [0.05, 0.1) is 11.8 Å². The number of amides is 2. The van der Waals surface area contributed by atoms with Crippen molar-refractivity contribution in [2.24, 2.45) is 4.99 Å². The summed E-state index contributed by atoms with van der Waals surface area (Å²) in [6, 6.07) is 0.251. The van der Waals surface area contributed by atoms with Gasteiger partial charge in [-0.3, -0.25) is 0 Å². The van der Waals surface area contributed by atoms with Crippen LogP contribution in [-0.2, 0) is 4.74 Å². The summed E-state index contributed by atoms with van der Waals surface area (Å²) in [6.45, 7) is 4.91. The molecule has 0 aliphatic carbocycles. The number of hydrogen-bond donors (Lipinski definition) is 1. The van der Waals surface area contributed by atoms with Crippen molar-refractivity contribution < 1.29 is 9.53 Å². The van der Waals surface area contributed by atoms with Gasteiger partial charge in [-0.05, 0) is 27.3 Å². The van der Waals surface area contributed by atoms with Crippen LogP contribution in [-0.4, -0.2) is 48.6 Å². The molecule has 1 fully saturated rings. The summed E-state index contributed by atoms with van der Waals surface area (Å²) in [5.74, 6) is 0. The zero-order chi connectivity index (χ0) is 11.0. The van der Waals surface area contributed by atoms with E-state index in [9.17, 15) is 4.79 Å². The van der Waals surface area contributed by atoms with E-state index in [1.54, 1.807) is 0 Å². The van der Waals surface area contributed by atoms with Crippen LogP contribution >= 0.6 is 0 Å². The molecule has 2 aliphatic heterocycles. The Morgan fingerprint density at radius 3 is 2.80 bits per heavy atom. The fraction of sp³-hybridized carbons (Fsp3) is 0.800. The summed E-state index contributed by atoms with van der Waals surface area (Å²) in [5, 5.41) is 2.68. The average molecular weight is 211 g/mol. The van der Waals surface area contributed by atoms with Gasteiger partial charge in [-0.15, -0.1) is 0 Å². The summed E-state index contributed by atoms with van der Waals surface area (Å²) in [6.07, 6.45) is 0.885. The van der Waals surface area contributed by atoms with E-state index in [2.05, 4.69) is 29.2 Å². The molecule has 15 heavy (non-hydrogen) atoms. The van der Waals surface area contributed by atoms with Gasteiger partial charge < -0.3 is 15.0 Å². The van der Waals surface area contributed by atoms with Gasteiger partial charge in [0.25, 0.3) is 0 Å². The van der Waals surface area contributed by atoms with Crippen molar-refractivity contribution in [3.8, 4) is 0 Å². The Morgan fingerprint density at radius 2 is 2.33 bits per heavy atom. The number of ether oxygens (including phenoxy) is 1. The van der Waals surface area contributed by atoms with E-state index in [1.807, 2.05) is 6.92 Å². The molecular formula is C10H17N3O2. The van der Waals surface area contributed by atoms with E-state index in [0.29, 0.717) is 6.04 Å². The maximum absolute atomic E-state index is 11.0. The van der Waals surface area contributed by atoms with Crippen LogP contribution in [0.15, 0.2) is 4.99 Å². The quantitative estimate of drug-likeness (QED) is 0.728. The first-order chi connectivity index (χ1) is 7.06. The highest BCUT2D eigenvalue weighted by Gasteiger charge is 2.32. The first-order valence-corrected chi connectivity index (χ1v) is 5.27. The molecule has 0 aromatic rings. The van der Waals surface area contributed by atoms with E-state index in [1.165, 1.54) is 0 Å². The maximum Gasteiger partial charge on any atom is 0.343 e. The molecule has 2 heterocycles. The predicted octanol–water partition coefficient (Wildman–Crippen LogP) is 0.606. The molecule has 84 valence electrons. The third-order valence-corrected chi connectivity index (χ3v) is 3.09. The SMILES string of the molecule is CC1=NC(=O)NC1OC1CC(C)N(C)C1. The van der Waals surface area contributed by atoms with E-state index in [0.717, 1.165) is 18.7 Å². The number of nitrogens with zero attached hydrogens (tertiary/aromatic N) is 2. The van der Waals surface area contributed by atoms with Crippen molar-refractivity contribution in [1.29, 1.82) is 0 Å². The van der Waals surface area contributed by atoms with Crippen LogP contribution in [0.1, 0.15) is 20.3 Å². The third kappa shape index (κ3) is 2.18. The second-order valence-electron chi connectivity index (χ2n) is 4.37. The lowest BCUT2D eigenvalue weighted by Crippen LogP contribution is -2.37. The molecule has 0 aromatic heterocycles. The zero-order valence-electron chi connectivity index (χ0n) is 9.36. The molecule has 1 N–H and O–H groups in total. The minimum atomic E-state index is -0.318. The Hall–Kier alpha value is -0.940. The van der Waals surface area contributed by atoms with Gasteiger partial charge in [0, 0.05) is 12.6 Å². The summed E-state index contributed by atoms with van der Waals surface area (Å²) in [5.41, 5.74) is 0.724. The van der Waals surface area contributed by atoms with E-state index < -0.39 is 0 Å². The van der Waals surface area contributed by atoms with E-state index in [4.69, 9.17) is 4.74 Å². The number of rotatable bonds is 2. The Kier molecular flexibility index (Phi) is 2.75. The molecule has 3 atom stereocenters. The van der Waals surface area contributed by atoms with Crippen LogP contribution in [0.5, 0.6) is 0 Å². The van der Waals surface area contributed by atoms with Crippen molar-refractivity contribution >= 4 is 11.7 Å². The van der Waals surface area contributed by atoms with Crippen molar-refractivity contribution in [3.63, 3.8) is 0 Å². The fourth-order valence-electron chi connectivity index (χ4n) is 2.03. The molecule has 5 heteroatoms. The van der Waals surface area contributed by atoms with Crippen molar-refractivity contribution in [2.75, 3.05) is 13.6 Å². The predicted molar refractivity (Wildman–Crippen MR) is 57.0 cm³/mol. The smallest absolute Gasteiger partial charge is 0.343 e. The number of aliphatic imine (C=N–C) groups is 1. The number of urea groups is 1. The average Bonchev–Trinajstić information content (AvgIpc) is 2.59. The van der Waals surface area contributed by atoms with Crippen LogP contribution < -0.4 is 5.32 Å². The highest BCUT2D eigenvalue weighted by Crippen LogP contribution is 2.19. The first kappa shape index (κ1) is 10.6. The Bertz CT molecular complexity index is 293. The lowest BCUT2D eigenvalue weighted by molar-refractivity contribution is 0.0231. The summed E-state index contributed by atoms with van der Waals surface area (Å²) < 4.78 is 5.79. The number of hydrogen-bond acceptors (Lipinski definition) is 3. The molecule has 0 bridgehead atoms. The number of likely N-dealkylation sites (N-methyl/N-ethyl adjacent to an activating group) is 1. The first-order valence-electron chi connectivity index (χ1n) is 5.27. The normalized spacial score (nSPS) is 36.9. The van der Waals surface area contributed by atoms with Gasteiger partial charge in [0.2, 0.25) is 0 Å². The summed E-state index contributed by atoms with van der Waals surface area (Å²) in [4.78, 5) is 17.0. The van der Waals surface area contributed by atoms with Gasteiger partial charge in [-0.2, -0.15) is 4.99 Å². The number of nitrogens with one attached hydrogen (secondary N) is 1. The van der Waals surface area contributed by atoms with Gasteiger partial charge in [-0.1, -0.05) is 0 Å². The number of likely N-dealkylation sites (tertiary alicyclic amines) is 1. The van der Waals surface area contributed by atoms with Crippen LogP contribution in [0, 0.1) is 0 Å². The maximum atomic E-state index is 11.0. The topological polar surface area (TPSA) is 53.9 Å². The molecule has 3 unspecified atom stereocenters. The minimum absolute atomic E-state index is 0.193. The standard InChI is InChI=1S/C10H17N3O2/c1-6-4-8(5-13(6)3)15-9-7(2)11-10(14)12-9/h6,8-9H,4-5H2,1-3H3,(H,12,14). The Balaban J connectivity index is 1.89. The molecule has 0 saturated carbocycles. The van der Waals surface area contributed by atoms with Crippen molar-refractivity contribution in [1.82, 2.24) is 10.2 Å². The molecule has 2 aliphatic rings. The van der Waals surface area contributed by atoms with Crippen molar-refractivity contribution in [2.45, 2.75) is 38.6 Å². The lowest BCUT2D eigenvalue weighted by atomic mass is 10.2. The monoisotopic (exact) mass is 211 g/mol.